The molecular formula is C22H22N4O3. The number of aryl methyl sites for hydroxylation is 1. The second-order valence-corrected chi connectivity index (χ2v) is 7.08. The van der Waals surface area contributed by atoms with Crippen molar-refractivity contribution in [2.75, 3.05) is 6.61 Å². The van der Waals surface area contributed by atoms with Crippen LogP contribution in [0.5, 0.6) is 5.75 Å². The van der Waals surface area contributed by atoms with Crippen molar-refractivity contribution in [3.63, 3.8) is 0 Å². The number of carbonyl (C=O) groups excluding carboxylic acids is 2. The summed E-state index contributed by atoms with van der Waals surface area (Å²) in [5.74, 6) is 0.122. The van der Waals surface area contributed by atoms with Crippen LogP contribution in [0.1, 0.15) is 40.5 Å². The van der Waals surface area contributed by atoms with Crippen molar-refractivity contribution in [1.29, 1.82) is 0 Å². The molecule has 7 heteroatoms. The first-order valence-electron chi connectivity index (χ1n) is 9.54. The molecule has 0 bridgehead atoms. The minimum atomic E-state index is -0.451. The average molecular weight is 390 g/mol. The van der Waals surface area contributed by atoms with Crippen LogP contribution in [0.2, 0.25) is 0 Å². The van der Waals surface area contributed by atoms with Gasteiger partial charge in [0.25, 0.3) is 11.8 Å². The molecule has 1 aliphatic rings. The second kappa shape index (κ2) is 8.18. The molecule has 2 amide bonds. The Kier molecular flexibility index (Phi) is 5.29. The van der Waals surface area contributed by atoms with Crippen molar-refractivity contribution in [3.05, 3.63) is 77.6 Å². The monoisotopic (exact) mass is 390 g/mol. The molecule has 0 atom stereocenters. The summed E-state index contributed by atoms with van der Waals surface area (Å²) in [5.41, 5.74) is 7.94. The first kappa shape index (κ1) is 18.7. The van der Waals surface area contributed by atoms with Gasteiger partial charge in [0.1, 0.15) is 11.4 Å². The Hall–Kier alpha value is -3.61. The van der Waals surface area contributed by atoms with E-state index in [-0.39, 0.29) is 6.61 Å². The highest BCUT2D eigenvalue weighted by atomic mass is 16.5. The third-order valence-electron chi connectivity index (χ3n) is 4.63. The van der Waals surface area contributed by atoms with Crippen molar-refractivity contribution in [2.24, 2.45) is 0 Å². The highest BCUT2D eigenvalue weighted by Gasteiger charge is 2.29. The Morgan fingerprint density at radius 2 is 1.86 bits per heavy atom. The maximum absolute atomic E-state index is 12.7. The predicted octanol–water partition coefficient (Wildman–Crippen LogP) is 2.90. The van der Waals surface area contributed by atoms with Gasteiger partial charge in [-0.25, -0.2) is 4.68 Å². The van der Waals surface area contributed by atoms with Gasteiger partial charge in [-0.15, -0.1) is 0 Å². The zero-order valence-electron chi connectivity index (χ0n) is 16.1. The van der Waals surface area contributed by atoms with E-state index in [1.807, 2.05) is 55.5 Å². The Labute approximate surface area is 168 Å². The summed E-state index contributed by atoms with van der Waals surface area (Å²) in [6, 6.07) is 18.6. The van der Waals surface area contributed by atoms with Crippen LogP contribution in [0.15, 0.2) is 60.7 Å². The maximum Gasteiger partial charge on any atom is 0.288 e. The summed E-state index contributed by atoms with van der Waals surface area (Å²) in [7, 11) is 0. The summed E-state index contributed by atoms with van der Waals surface area (Å²) >= 11 is 0. The molecule has 0 saturated heterocycles. The van der Waals surface area contributed by atoms with Crippen LogP contribution in [-0.2, 0) is 4.79 Å². The Morgan fingerprint density at radius 3 is 2.59 bits per heavy atom. The molecule has 1 aromatic heterocycles. The lowest BCUT2D eigenvalue weighted by molar-refractivity contribution is -0.123. The Bertz CT molecular complexity index is 1030. The molecule has 0 spiro atoms. The summed E-state index contributed by atoms with van der Waals surface area (Å²) in [5, 5.41) is 4.59. The number of amides is 2. The highest BCUT2D eigenvalue weighted by molar-refractivity contribution is 5.94. The van der Waals surface area contributed by atoms with E-state index in [0.717, 1.165) is 29.8 Å². The van der Waals surface area contributed by atoms with Gasteiger partial charge in [-0.1, -0.05) is 30.3 Å². The molecule has 0 radical (unpaired) electrons. The lowest BCUT2D eigenvalue weighted by atomic mass is 10.2. The number of ether oxygens (including phenoxy) is 1. The number of hydrazine groups is 1. The van der Waals surface area contributed by atoms with Crippen molar-refractivity contribution in [2.45, 2.75) is 25.7 Å². The first-order valence-corrected chi connectivity index (χ1v) is 9.54. The molecule has 1 fully saturated rings. The fourth-order valence-electron chi connectivity index (χ4n) is 2.99. The smallest absolute Gasteiger partial charge is 0.288 e. The van der Waals surface area contributed by atoms with Crippen LogP contribution < -0.4 is 15.6 Å². The number of nitrogens with one attached hydrogen (secondary N) is 2. The molecule has 0 aliphatic heterocycles. The number of aromatic nitrogens is 2. The van der Waals surface area contributed by atoms with E-state index in [1.54, 1.807) is 16.8 Å². The van der Waals surface area contributed by atoms with Crippen molar-refractivity contribution in [3.8, 4) is 11.4 Å². The molecule has 29 heavy (non-hydrogen) atoms. The number of carbonyl (C=O) groups is 2. The topological polar surface area (TPSA) is 85.2 Å². The van der Waals surface area contributed by atoms with Crippen LogP contribution in [0.25, 0.3) is 5.69 Å². The van der Waals surface area contributed by atoms with Gasteiger partial charge in [0.2, 0.25) is 0 Å². The minimum Gasteiger partial charge on any atom is -0.484 e. The summed E-state index contributed by atoms with van der Waals surface area (Å²) in [6.45, 7) is 1.74. The van der Waals surface area contributed by atoms with E-state index in [2.05, 4.69) is 16.0 Å². The van der Waals surface area contributed by atoms with Gasteiger partial charge < -0.3 is 4.74 Å². The van der Waals surface area contributed by atoms with Gasteiger partial charge in [0, 0.05) is 5.92 Å². The minimum absolute atomic E-state index is 0.199. The molecule has 0 unspecified atom stereocenters. The average Bonchev–Trinajstić information content (AvgIpc) is 3.49. The number of rotatable bonds is 6. The van der Waals surface area contributed by atoms with Crippen LogP contribution in [-0.4, -0.2) is 28.2 Å². The summed E-state index contributed by atoms with van der Waals surface area (Å²) in [4.78, 5) is 24.7. The quantitative estimate of drug-likeness (QED) is 0.634. The Morgan fingerprint density at radius 1 is 1.07 bits per heavy atom. The van der Waals surface area contributed by atoms with Crippen LogP contribution >= 0.6 is 0 Å². The highest BCUT2D eigenvalue weighted by Crippen LogP contribution is 2.39. The summed E-state index contributed by atoms with van der Waals surface area (Å²) < 4.78 is 7.05. The van der Waals surface area contributed by atoms with E-state index in [4.69, 9.17) is 4.74 Å². The number of hydrogen-bond donors (Lipinski definition) is 2. The number of para-hydroxylation sites is 1. The fraction of sp³-hybridized carbons (Fsp3) is 0.227. The normalized spacial score (nSPS) is 13.0. The third kappa shape index (κ3) is 4.63. The number of benzene rings is 2. The molecule has 7 nitrogen and oxygen atoms in total. The molecular weight excluding hydrogens is 368 g/mol. The molecule has 1 saturated carbocycles. The lowest BCUT2D eigenvalue weighted by Crippen LogP contribution is -2.44. The van der Waals surface area contributed by atoms with Crippen molar-refractivity contribution >= 4 is 11.8 Å². The maximum atomic E-state index is 12.7. The largest absolute Gasteiger partial charge is 0.484 e. The van der Waals surface area contributed by atoms with Gasteiger partial charge in [-0.05, 0) is 55.7 Å². The zero-order chi connectivity index (χ0) is 20.2. The molecule has 1 heterocycles. The second-order valence-electron chi connectivity index (χ2n) is 7.08. The van der Waals surface area contributed by atoms with E-state index in [0.29, 0.717) is 17.4 Å². The molecule has 148 valence electrons. The van der Waals surface area contributed by atoms with Crippen LogP contribution in [0.3, 0.4) is 0 Å². The van der Waals surface area contributed by atoms with Gasteiger partial charge in [-0.3, -0.25) is 20.4 Å². The van der Waals surface area contributed by atoms with Gasteiger partial charge in [0.05, 0.1) is 11.4 Å². The lowest BCUT2D eigenvalue weighted by Gasteiger charge is -2.10. The summed E-state index contributed by atoms with van der Waals surface area (Å²) in [6.07, 6.45) is 2.17. The van der Waals surface area contributed by atoms with Crippen LogP contribution in [0, 0.1) is 6.92 Å². The van der Waals surface area contributed by atoms with E-state index < -0.39 is 11.8 Å². The van der Waals surface area contributed by atoms with Gasteiger partial charge in [-0.2, -0.15) is 5.10 Å². The van der Waals surface area contributed by atoms with Gasteiger partial charge >= 0.3 is 0 Å². The number of nitrogens with zero attached hydrogens (tertiary/aromatic N) is 2. The van der Waals surface area contributed by atoms with Crippen molar-refractivity contribution in [1.82, 2.24) is 20.6 Å². The van der Waals surface area contributed by atoms with E-state index in [9.17, 15) is 9.59 Å². The number of hydrogen-bond acceptors (Lipinski definition) is 4. The SMILES string of the molecule is Cc1cccc(OCC(=O)NNC(=O)c2cc(C3CC3)nn2-c2ccccc2)c1. The predicted molar refractivity (Wildman–Crippen MR) is 108 cm³/mol. The fourth-order valence-corrected chi connectivity index (χ4v) is 2.99. The Balaban J connectivity index is 1.40. The van der Waals surface area contributed by atoms with Crippen LogP contribution in [0.4, 0.5) is 0 Å². The molecule has 2 N–H and O–H groups in total. The standard InChI is InChI=1S/C22H22N4O3/c1-15-6-5-9-18(12-15)29-14-21(27)23-24-22(28)20-13-19(16-10-11-16)25-26(20)17-7-3-2-4-8-17/h2-9,12-13,16H,10-11,14H2,1H3,(H,23,27)(H,24,28). The van der Waals surface area contributed by atoms with Crippen molar-refractivity contribution < 1.29 is 14.3 Å². The third-order valence-corrected chi connectivity index (χ3v) is 4.63. The molecule has 1 aliphatic carbocycles. The zero-order valence-corrected chi connectivity index (χ0v) is 16.1. The molecule has 2 aromatic carbocycles. The van der Waals surface area contributed by atoms with E-state index in [1.165, 1.54) is 0 Å². The van der Waals surface area contributed by atoms with Gasteiger partial charge in [0.15, 0.2) is 6.61 Å². The molecule has 4 rings (SSSR count). The first-order chi connectivity index (χ1) is 14.1. The molecule has 3 aromatic rings. The van der Waals surface area contributed by atoms with E-state index >= 15 is 0 Å².